The van der Waals surface area contributed by atoms with E-state index in [1.807, 2.05) is 24.3 Å². The van der Waals surface area contributed by atoms with E-state index in [9.17, 15) is 9.59 Å². The standard InChI is InChI=1S/C23H26ClNO3/c1-2-3-4-5-13-28-21-8-6-7-20(16-21)25-22(26)15-18(23(25)27)14-17-9-11-19(24)12-10-17/h6-12,16,18H,2-5,13-15H2,1H3/t18-/m1/s1. The van der Waals surface area contributed by atoms with Gasteiger partial charge in [-0.25, -0.2) is 0 Å². The summed E-state index contributed by atoms with van der Waals surface area (Å²) in [6.45, 7) is 2.82. The number of rotatable bonds is 9. The number of halogens is 1. The average molecular weight is 400 g/mol. The lowest BCUT2D eigenvalue weighted by molar-refractivity contribution is -0.122. The highest BCUT2D eigenvalue weighted by molar-refractivity contribution is 6.30. The number of carbonyl (C=O) groups excluding carboxylic acids is 2. The largest absolute Gasteiger partial charge is 0.494 e. The van der Waals surface area contributed by atoms with Crippen molar-refractivity contribution in [2.24, 2.45) is 5.92 Å². The first-order valence-electron chi connectivity index (χ1n) is 9.92. The van der Waals surface area contributed by atoms with Crippen LogP contribution in [0.5, 0.6) is 5.75 Å². The van der Waals surface area contributed by atoms with Crippen LogP contribution in [0.2, 0.25) is 5.02 Å². The first kappa shape index (κ1) is 20.4. The lowest BCUT2D eigenvalue weighted by Gasteiger charge is -2.16. The van der Waals surface area contributed by atoms with Gasteiger partial charge in [0.15, 0.2) is 0 Å². The van der Waals surface area contributed by atoms with Crippen molar-refractivity contribution < 1.29 is 14.3 Å². The van der Waals surface area contributed by atoms with Gasteiger partial charge >= 0.3 is 0 Å². The van der Waals surface area contributed by atoms with Crippen molar-refractivity contribution in [3.8, 4) is 5.75 Å². The van der Waals surface area contributed by atoms with Gasteiger partial charge in [0.2, 0.25) is 11.8 Å². The van der Waals surface area contributed by atoms with Gasteiger partial charge in [-0.3, -0.25) is 14.5 Å². The van der Waals surface area contributed by atoms with Crippen LogP contribution in [0.25, 0.3) is 0 Å². The van der Waals surface area contributed by atoms with Crippen molar-refractivity contribution in [2.75, 3.05) is 11.5 Å². The summed E-state index contributed by atoms with van der Waals surface area (Å²) >= 11 is 5.92. The van der Waals surface area contributed by atoms with Gasteiger partial charge in [0.25, 0.3) is 0 Å². The Balaban J connectivity index is 1.64. The molecule has 0 unspecified atom stereocenters. The Hall–Kier alpha value is -2.33. The molecule has 0 N–H and O–H groups in total. The summed E-state index contributed by atoms with van der Waals surface area (Å²) in [6.07, 6.45) is 5.30. The second-order valence-electron chi connectivity index (χ2n) is 7.21. The molecule has 148 valence electrons. The van der Waals surface area contributed by atoms with E-state index in [1.54, 1.807) is 24.3 Å². The average Bonchev–Trinajstić information content (AvgIpc) is 2.97. The number of hydrogen-bond donors (Lipinski definition) is 0. The van der Waals surface area contributed by atoms with Crippen molar-refractivity contribution in [1.82, 2.24) is 0 Å². The zero-order chi connectivity index (χ0) is 19.9. The highest BCUT2D eigenvalue weighted by Gasteiger charge is 2.39. The van der Waals surface area contributed by atoms with Gasteiger partial charge in [-0.2, -0.15) is 0 Å². The van der Waals surface area contributed by atoms with Crippen LogP contribution in [-0.4, -0.2) is 18.4 Å². The molecule has 2 aromatic rings. The normalized spacial score (nSPS) is 16.6. The smallest absolute Gasteiger partial charge is 0.237 e. The van der Waals surface area contributed by atoms with Gasteiger partial charge in [0.05, 0.1) is 18.2 Å². The lowest BCUT2D eigenvalue weighted by Crippen LogP contribution is -2.30. The van der Waals surface area contributed by atoms with Crippen molar-refractivity contribution in [2.45, 2.75) is 45.4 Å². The number of hydrogen-bond acceptors (Lipinski definition) is 3. The molecule has 5 heteroatoms. The van der Waals surface area contributed by atoms with Crippen LogP contribution in [0.4, 0.5) is 5.69 Å². The Labute approximate surface area is 171 Å². The summed E-state index contributed by atoms with van der Waals surface area (Å²) in [5.41, 5.74) is 1.58. The molecule has 28 heavy (non-hydrogen) atoms. The summed E-state index contributed by atoms with van der Waals surface area (Å²) in [5.74, 6) is 0.0344. The van der Waals surface area contributed by atoms with Crippen molar-refractivity contribution in [3.63, 3.8) is 0 Å². The summed E-state index contributed by atoms with van der Waals surface area (Å²) < 4.78 is 5.80. The SMILES string of the molecule is CCCCCCOc1cccc(N2C(=O)C[C@@H](Cc3ccc(Cl)cc3)C2=O)c1. The number of unbranched alkanes of at least 4 members (excludes halogenated alkanes) is 3. The fourth-order valence-electron chi connectivity index (χ4n) is 3.46. The topological polar surface area (TPSA) is 46.6 Å². The fourth-order valence-corrected chi connectivity index (χ4v) is 3.59. The van der Waals surface area contributed by atoms with Gasteiger partial charge in [0.1, 0.15) is 5.75 Å². The zero-order valence-corrected chi connectivity index (χ0v) is 17.0. The third kappa shape index (κ3) is 5.14. The molecule has 1 saturated heterocycles. The van der Waals surface area contributed by atoms with Crippen LogP contribution in [0, 0.1) is 5.92 Å². The Morgan fingerprint density at radius 2 is 1.86 bits per heavy atom. The predicted octanol–water partition coefficient (Wildman–Crippen LogP) is 5.42. The number of ether oxygens (including phenoxy) is 1. The second kappa shape index (κ2) is 9.74. The molecule has 1 aliphatic heterocycles. The molecule has 0 saturated carbocycles. The van der Waals surface area contributed by atoms with E-state index in [1.165, 1.54) is 17.7 Å². The summed E-state index contributed by atoms with van der Waals surface area (Å²) in [7, 11) is 0. The van der Waals surface area contributed by atoms with Gasteiger partial charge in [0, 0.05) is 17.5 Å². The first-order chi connectivity index (χ1) is 13.6. The van der Waals surface area contributed by atoms with Gasteiger partial charge < -0.3 is 4.74 Å². The fraction of sp³-hybridized carbons (Fsp3) is 0.391. The minimum absolute atomic E-state index is 0.153. The number of anilines is 1. The molecule has 1 fully saturated rings. The van der Waals surface area contributed by atoms with Gasteiger partial charge in [-0.15, -0.1) is 0 Å². The van der Waals surface area contributed by atoms with Crippen LogP contribution in [0.15, 0.2) is 48.5 Å². The van der Waals surface area contributed by atoms with E-state index in [4.69, 9.17) is 16.3 Å². The van der Waals surface area contributed by atoms with Crippen molar-refractivity contribution in [3.05, 3.63) is 59.1 Å². The molecule has 1 atom stereocenters. The summed E-state index contributed by atoms with van der Waals surface area (Å²) in [5, 5.41) is 0.658. The maximum absolute atomic E-state index is 12.9. The number of benzene rings is 2. The van der Waals surface area contributed by atoms with Crippen molar-refractivity contribution in [1.29, 1.82) is 0 Å². The third-order valence-corrected chi connectivity index (χ3v) is 5.23. The maximum Gasteiger partial charge on any atom is 0.237 e. The van der Waals surface area contributed by atoms with E-state index in [0.717, 1.165) is 18.4 Å². The van der Waals surface area contributed by atoms with Crippen LogP contribution < -0.4 is 9.64 Å². The van der Waals surface area contributed by atoms with E-state index < -0.39 is 0 Å². The first-order valence-corrected chi connectivity index (χ1v) is 10.3. The molecule has 4 nitrogen and oxygen atoms in total. The monoisotopic (exact) mass is 399 g/mol. The molecule has 2 amide bonds. The van der Waals surface area contributed by atoms with E-state index in [-0.39, 0.29) is 24.2 Å². The third-order valence-electron chi connectivity index (χ3n) is 4.98. The molecule has 1 aliphatic rings. The number of imide groups is 1. The molecule has 3 rings (SSSR count). The predicted molar refractivity (Wildman–Crippen MR) is 112 cm³/mol. The molecule has 2 aromatic carbocycles. The Bertz CT molecular complexity index is 819. The quantitative estimate of drug-likeness (QED) is 0.417. The minimum atomic E-state index is -0.340. The lowest BCUT2D eigenvalue weighted by atomic mass is 9.98. The summed E-state index contributed by atoms with van der Waals surface area (Å²) in [4.78, 5) is 26.7. The van der Waals surface area contributed by atoms with Crippen molar-refractivity contribution >= 4 is 29.1 Å². The van der Waals surface area contributed by atoms with Crippen LogP contribution in [-0.2, 0) is 16.0 Å². The molecular weight excluding hydrogens is 374 g/mol. The molecule has 0 radical (unpaired) electrons. The number of nitrogens with zero attached hydrogens (tertiary/aromatic N) is 1. The highest BCUT2D eigenvalue weighted by atomic mass is 35.5. The van der Waals surface area contributed by atoms with Gasteiger partial charge in [-0.1, -0.05) is 56.0 Å². The van der Waals surface area contributed by atoms with E-state index in [2.05, 4.69) is 6.92 Å². The van der Waals surface area contributed by atoms with Crippen LogP contribution >= 0.6 is 11.6 Å². The molecule has 0 aromatic heterocycles. The Kier molecular flexibility index (Phi) is 7.10. The second-order valence-corrected chi connectivity index (χ2v) is 7.64. The zero-order valence-electron chi connectivity index (χ0n) is 16.2. The number of carbonyl (C=O) groups is 2. The molecule has 0 spiro atoms. The molecule has 1 heterocycles. The van der Waals surface area contributed by atoms with E-state index in [0.29, 0.717) is 29.5 Å². The highest BCUT2D eigenvalue weighted by Crippen LogP contribution is 2.31. The molecule has 0 bridgehead atoms. The van der Waals surface area contributed by atoms with Crippen LogP contribution in [0.3, 0.4) is 0 Å². The minimum Gasteiger partial charge on any atom is -0.494 e. The Morgan fingerprint density at radius 3 is 2.61 bits per heavy atom. The molecular formula is C23H26ClNO3. The van der Waals surface area contributed by atoms with E-state index >= 15 is 0 Å². The Morgan fingerprint density at radius 1 is 1.07 bits per heavy atom. The molecule has 0 aliphatic carbocycles. The number of amides is 2. The maximum atomic E-state index is 12.9. The van der Waals surface area contributed by atoms with Gasteiger partial charge in [-0.05, 0) is 42.7 Å². The summed E-state index contributed by atoms with van der Waals surface area (Å²) in [6, 6.07) is 14.6. The van der Waals surface area contributed by atoms with Crippen LogP contribution in [0.1, 0.15) is 44.6 Å².